The van der Waals surface area contributed by atoms with Gasteiger partial charge in [-0.1, -0.05) is 18.5 Å². The van der Waals surface area contributed by atoms with Gasteiger partial charge in [-0.25, -0.2) is 4.79 Å². The minimum absolute atomic E-state index is 0.0562. The number of nitro groups is 1. The van der Waals surface area contributed by atoms with Gasteiger partial charge in [-0.3, -0.25) is 10.1 Å². The summed E-state index contributed by atoms with van der Waals surface area (Å²) in [6, 6.07) is 2.36. The second-order valence-electron chi connectivity index (χ2n) is 4.38. The van der Waals surface area contributed by atoms with Gasteiger partial charge in [-0.2, -0.15) is 0 Å². The average molecular weight is 271 g/mol. The molecule has 18 heavy (non-hydrogen) atoms. The van der Waals surface area contributed by atoms with Crippen molar-refractivity contribution in [1.82, 2.24) is 0 Å². The highest BCUT2D eigenvalue weighted by Crippen LogP contribution is 2.38. The molecule has 0 spiro atoms. The molecule has 0 heterocycles. The van der Waals surface area contributed by atoms with Gasteiger partial charge in [0.1, 0.15) is 0 Å². The molecule has 2 unspecified atom stereocenters. The molecule has 1 aromatic rings. The molecule has 1 aliphatic rings. The van der Waals surface area contributed by atoms with E-state index in [1.165, 1.54) is 0 Å². The summed E-state index contributed by atoms with van der Waals surface area (Å²) >= 11 is 5.91. The number of hydrogen-bond donors (Lipinski definition) is 2. The van der Waals surface area contributed by atoms with Gasteiger partial charge in [-0.15, -0.1) is 0 Å². The molecule has 7 heteroatoms. The molecular formula is C11H11ClN2O4. The van der Waals surface area contributed by atoms with Crippen LogP contribution in [0.15, 0.2) is 12.1 Å². The van der Waals surface area contributed by atoms with Crippen LogP contribution in [0.2, 0.25) is 5.02 Å². The van der Waals surface area contributed by atoms with Gasteiger partial charge in [0.2, 0.25) is 0 Å². The Kier molecular flexibility index (Phi) is 3.13. The van der Waals surface area contributed by atoms with Crippen molar-refractivity contribution >= 4 is 28.9 Å². The molecule has 1 aliphatic carbocycles. The lowest BCUT2D eigenvalue weighted by Gasteiger charge is -2.11. The first-order chi connectivity index (χ1) is 8.40. The zero-order valence-corrected chi connectivity index (χ0v) is 10.3. The molecule has 2 rings (SSSR count). The number of nitrogens with one attached hydrogen (secondary N) is 1. The van der Waals surface area contributed by atoms with E-state index in [0.29, 0.717) is 5.92 Å². The number of anilines is 1. The fraction of sp³-hybridized carbons (Fsp3) is 0.364. The smallest absolute Gasteiger partial charge is 0.338 e. The van der Waals surface area contributed by atoms with Crippen molar-refractivity contribution in [2.75, 3.05) is 5.32 Å². The van der Waals surface area contributed by atoms with Gasteiger partial charge >= 0.3 is 5.97 Å². The van der Waals surface area contributed by atoms with Crippen LogP contribution in [-0.2, 0) is 0 Å². The lowest BCUT2D eigenvalue weighted by Crippen LogP contribution is -2.10. The van der Waals surface area contributed by atoms with Crippen LogP contribution >= 0.6 is 11.6 Å². The third-order valence-corrected chi connectivity index (χ3v) is 3.25. The Morgan fingerprint density at radius 1 is 1.61 bits per heavy atom. The third-order valence-electron chi connectivity index (χ3n) is 2.96. The molecule has 0 saturated heterocycles. The maximum absolute atomic E-state index is 11.1. The van der Waals surface area contributed by atoms with E-state index in [1.807, 2.05) is 6.92 Å². The number of rotatable bonds is 4. The minimum Gasteiger partial charge on any atom is -0.478 e. The summed E-state index contributed by atoms with van der Waals surface area (Å²) in [5, 5.41) is 22.8. The largest absolute Gasteiger partial charge is 0.478 e. The number of carbonyl (C=O) groups is 1. The quantitative estimate of drug-likeness (QED) is 0.648. The zero-order valence-electron chi connectivity index (χ0n) is 9.51. The molecule has 96 valence electrons. The summed E-state index contributed by atoms with van der Waals surface area (Å²) in [6.45, 7) is 2.03. The Morgan fingerprint density at radius 2 is 2.22 bits per heavy atom. The van der Waals surface area contributed by atoms with Gasteiger partial charge in [0, 0.05) is 18.2 Å². The topological polar surface area (TPSA) is 92.5 Å². The van der Waals surface area contributed by atoms with Gasteiger partial charge in [0.05, 0.1) is 21.2 Å². The molecule has 2 atom stereocenters. The highest BCUT2D eigenvalue weighted by atomic mass is 35.5. The van der Waals surface area contributed by atoms with Crippen molar-refractivity contribution in [2.24, 2.45) is 5.92 Å². The Balaban J connectivity index is 2.43. The monoisotopic (exact) mass is 270 g/mol. The number of nitrogens with zero attached hydrogens (tertiary/aromatic N) is 1. The number of non-ortho nitro benzene ring substituents is 1. The van der Waals surface area contributed by atoms with E-state index in [1.54, 1.807) is 0 Å². The van der Waals surface area contributed by atoms with Crippen molar-refractivity contribution in [2.45, 2.75) is 19.4 Å². The number of benzene rings is 1. The molecule has 0 amide bonds. The molecule has 6 nitrogen and oxygen atoms in total. The first-order valence-corrected chi connectivity index (χ1v) is 5.75. The van der Waals surface area contributed by atoms with Crippen LogP contribution in [0.4, 0.5) is 11.4 Å². The van der Waals surface area contributed by atoms with Crippen LogP contribution in [0.5, 0.6) is 0 Å². The van der Waals surface area contributed by atoms with Gasteiger partial charge < -0.3 is 10.4 Å². The van der Waals surface area contributed by atoms with E-state index < -0.39 is 10.9 Å². The molecule has 1 saturated carbocycles. The van der Waals surface area contributed by atoms with Gasteiger partial charge in [0.15, 0.2) is 0 Å². The SMILES string of the molecule is CC1CC1Nc1c(Cl)cc([N+](=O)[O-])cc1C(=O)O. The van der Waals surface area contributed by atoms with Crippen LogP contribution in [-0.4, -0.2) is 22.0 Å². The normalized spacial score (nSPS) is 21.4. The molecule has 1 aromatic carbocycles. The lowest BCUT2D eigenvalue weighted by molar-refractivity contribution is -0.384. The average Bonchev–Trinajstić information content (AvgIpc) is 2.96. The minimum atomic E-state index is -1.24. The van der Waals surface area contributed by atoms with Crippen molar-refractivity contribution in [3.63, 3.8) is 0 Å². The van der Waals surface area contributed by atoms with E-state index in [-0.39, 0.29) is 28.0 Å². The predicted molar refractivity (Wildman–Crippen MR) is 66.3 cm³/mol. The van der Waals surface area contributed by atoms with Crippen molar-refractivity contribution in [1.29, 1.82) is 0 Å². The van der Waals surface area contributed by atoms with Crippen LogP contribution in [0.3, 0.4) is 0 Å². The molecule has 0 bridgehead atoms. The van der Waals surface area contributed by atoms with E-state index in [9.17, 15) is 14.9 Å². The predicted octanol–water partition coefficient (Wildman–Crippen LogP) is 2.77. The Bertz CT molecular complexity index is 532. The van der Waals surface area contributed by atoms with E-state index in [2.05, 4.69) is 5.32 Å². The maximum atomic E-state index is 11.1. The highest BCUT2D eigenvalue weighted by molar-refractivity contribution is 6.34. The van der Waals surface area contributed by atoms with Crippen molar-refractivity contribution in [3.05, 3.63) is 32.8 Å². The standard InChI is InChI=1S/C11H11ClN2O4/c1-5-2-9(5)13-10-7(11(15)16)3-6(14(17)18)4-8(10)12/h3-5,9,13H,2H2,1H3,(H,15,16). The molecule has 1 fully saturated rings. The first-order valence-electron chi connectivity index (χ1n) is 5.38. The number of halogens is 1. The van der Waals surface area contributed by atoms with Crippen LogP contribution in [0, 0.1) is 16.0 Å². The summed E-state index contributed by atoms with van der Waals surface area (Å²) < 4.78 is 0. The molecular weight excluding hydrogens is 260 g/mol. The number of hydrogen-bond acceptors (Lipinski definition) is 4. The zero-order chi connectivity index (χ0) is 13.4. The van der Waals surface area contributed by atoms with Crippen molar-refractivity contribution in [3.8, 4) is 0 Å². The number of aromatic carboxylic acids is 1. The summed E-state index contributed by atoms with van der Waals surface area (Å²) in [5.41, 5.74) is -0.246. The fourth-order valence-electron chi connectivity index (χ4n) is 1.72. The van der Waals surface area contributed by atoms with Gasteiger partial charge in [-0.05, 0) is 12.3 Å². The number of carboxylic acids is 1. The van der Waals surface area contributed by atoms with Crippen LogP contribution in [0.25, 0.3) is 0 Å². The Hall–Kier alpha value is -1.82. The molecule has 2 N–H and O–H groups in total. The summed E-state index contributed by atoms with van der Waals surface area (Å²) in [6.07, 6.45) is 0.937. The van der Waals surface area contributed by atoms with E-state index in [0.717, 1.165) is 18.6 Å². The number of nitro benzene ring substituents is 1. The number of carboxylic acid groups (broad SMARTS) is 1. The second-order valence-corrected chi connectivity index (χ2v) is 4.78. The summed E-state index contributed by atoms with van der Waals surface area (Å²) in [5.74, 6) is -0.783. The van der Waals surface area contributed by atoms with E-state index >= 15 is 0 Å². The van der Waals surface area contributed by atoms with Gasteiger partial charge in [0.25, 0.3) is 5.69 Å². The molecule has 0 radical (unpaired) electrons. The summed E-state index contributed by atoms with van der Waals surface area (Å²) in [7, 11) is 0. The van der Waals surface area contributed by atoms with E-state index in [4.69, 9.17) is 16.7 Å². The fourth-order valence-corrected chi connectivity index (χ4v) is 1.99. The lowest BCUT2D eigenvalue weighted by atomic mass is 10.1. The van der Waals surface area contributed by atoms with Crippen molar-refractivity contribution < 1.29 is 14.8 Å². The highest BCUT2D eigenvalue weighted by Gasteiger charge is 2.34. The maximum Gasteiger partial charge on any atom is 0.338 e. The third kappa shape index (κ3) is 2.38. The molecule has 0 aliphatic heterocycles. The Morgan fingerprint density at radius 3 is 2.67 bits per heavy atom. The molecule has 0 aromatic heterocycles. The Labute approximate surface area is 108 Å². The van der Waals surface area contributed by atoms with Crippen LogP contribution in [0.1, 0.15) is 23.7 Å². The van der Waals surface area contributed by atoms with Crippen LogP contribution < -0.4 is 5.32 Å². The second kappa shape index (κ2) is 4.45. The summed E-state index contributed by atoms with van der Waals surface area (Å²) in [4.78, 5) is 21.1. The first kappa shape index (κ1) is 12.6.